The van der Waals surface area contributed by atoms with Crippen molar-refractivity contribution in [2.75, 3.05) is 6.61 Å². The number of hydrogen-bond donors (Lipinski definition) is 1. The number of nitrogens with zero attached hydrogens (tertiary/aromatic N) is 2. The number of H-pyrrole nitrogens is 1. The molecule has 1 N–H and O–H groups in total. The number of ketones is 1. The predicted molar refractivity (Wildman–Crippen MR) is 131 cm³/mol. The van der Waals surface area contributed by atoms with E-state index in [0.29, 0.717) is 0 Å². The van der Waals surface area contributed by atoms with Crippen LogP contribution in [0.15, 0.2) is 36.5 Å². The minimum atomic E-state index is 0.160. The van der Waals surface area contributed by atoms with Crippen molar-refractivity contribution in [2.24, 2.45) is 5.92 Å². The van der Waals surface area contributed by atoms with Crippen molar-refractivity contribution in [3.63, 3.8) is 0 Å². The molecule has 0 bridgehead atoms. The van der Waals surface area contributed by atoms with Crippen LogP contribution >= 0.6 is 0 Å². The van der Waals surface area contributed by atoms with E-state index in [4.69, 9.17) is 4.74 Å². The number of carbonyl (C=O) groups is 1. The first-order valence-corrected chi connectivity index (χ1v) is 12.8. The quantitative estimate of drug-likeness (QED) is 0.223. The van der Waals surface area contributed by atoms with Crippen molar-refractivity contribution in [2.45, 2.75) is 103 Å². The fourth-order valence-corrected chi connectivity index (χ4v) is 4.24. The molecule has 0 aliphatic heterocycles. The highest BCUT2D eigenvalue weighted by Crippen LogP contribution is 2.19. The molecule has 0 aliphatic rings. The molecule has 0 saturated heterocycles. The van der Waals surface area contributed by atoms with E-state index >= 15 is 0 Å². The molecule has 1 atom stereocenters. The third-order valence-electron chi connectivity index (χ3n) is 6.17. The van der Waals surface area contributed by atoms with Gasteiger partial charge in [0.15, 0.2) is 5.78 Å². The summed E-state index contributed by atoms with van der Waals surface area (Å²) in [5.41, 5.74) is 1.08. The summed E-state index contributed by atoms with van der Waals surface area (Å²) in [4.78, 5) is 12.6. The van der Waals surface area contributed by atoms with Gasteiger partial charge in [0.1, 0.15) is 12.4 Å². The summed E-state index contributed by atoms with van der Waals surface area (Å²) in [5.74, 6) is 1.20. The number of Topliss-reactive ketones (excluding diaryl/α,β-unsaturated/α-hetero) is 1. The van der Waals surface area contributed by atoms with Gasteiger partial charge in [-0.3, -0.25) is 4.79 Å². The van der Waals surface area contributed by atoms with Crippen LogP contribution < -0.4 is 4.74 Å². The van der Waals surface area contributed by atoms with E-state index in [1.54, 1.807) is 0 Å². The van der Waals surface area contributed by atoms with Gasteiger partial charge in [0.05, 0.1) is 11.9 Å². The normalized spacial score (nSPS) is 12.0. The summed E-state index contributed by atoms with van der Waals surface area (Å²) in [5, 5.41) is 10.6. The third kappa shape index (κ3) is 12.0. The molecule has 0 fully saturated rings. The molecule has 32 heavy (non-hydrogen) atoms. The summed E-state index contributed by atoms with van der Waals surface area (Å²) in [6.45, 7) is 2.37. The lowest BCUT2D eigenvalue weighted by atomic mass is 9.92. The maximum atomic E-state index is 12.6. The predicted octanol–water partition coefficient (Wildman–Crippen LogP) is 7.09. The van der Waals surface area contributed by atoms with Crippen LogP contribution in [0.3, 0.4) is 0 Å². The Hall–Kier alpha value is -2.17. The van der Waals surface area contributed by atoms with Crippen molar-refractivity contribution >= 4 is 5.78 Å². The summed E-state index contributed by atoms with van der Waals surface area (Å²) in [7, 11) is 0. The van der Waals surface area contributed by atoms with Gasteiger partial charge in [-0.15, -0.1) is 0 Å². The topological polar surface area (TPSA) is 67.9 Å². The highest BCUT2D eigenvalue weighted by Gasteiger charge is 2.17. The Bertz CT molecular complexity index is 688. The van der Waals surface area contributed by atoms with Crippen molar-refractivity contribution in [3.05, 3.63) is 42.2 Å². The molecule has 178 valence electrons. The SMILES string of the molecule is CCCC(CCCCCCCCCCCCCc1cn[nH]n1)C(=O)COc1ccccc1. The average molecular weight is 442 g/mol. The molecule has 5 nitrogen and oxygen atoms in total. The van der Waals surface area contributed by atoms with E-state index in [1.807, 2.05) is 36.5 Å². The highest BCUT2D eigenvalue weighted by atomic mass is 16.5. The molecule has 0 radical (unpaired) electrons. The summed E-state index contributed by atoms with van der Waals surface area (Å²) in [6.07, 6.45) is 20.2. The second kappa shape index (κ2) is 17.4. The molecule has 0 saturated carbocycles. The number of rotatable bonds is 20. The van der Waals surface area contributed by atoms with Crippen LogP contribution in [-0.2, 0) is 11.2 Å². The van der Waals surface area contributed by atoms with E-state index in [9.17, 15) is 4.79 Å². The Balaban J connectivity index is 1.40. The monoisotopic (exact) mass is 441 g/mol. The number of aromatic nitrogens is 3. The van der Waals surface area contributed by atoms with Crippen LogP contribution in [0, 0.1) is 5.92 Å². The Morgan fingerprint density at radius 1 is 0.875 bits per heavy atom. The first-order chi connectivity index (χ1) is 15.8. The molecule has 0 aliphatic carbocycles. The van der Waals surface area contributed by atoms with Gasteiger partial charge in [-0.25, -0.2) is 0 Å². The fourth-order valence-electron chi connectivity index (χ4n) is 4.24. The van der Waals surface area contributed by atoms with Crippen LogP contribution in [0.1, 0.15) is 103 Å². The van der Waals surface area contributed by atoms with Crippen molar-refractivity contribution in [1.82, 2.24) is 15.4 Å². The maximum Gasteiger partial charge on any atom is 0.173 e. The Morgan fingerprint density at radius 3 is 2.09 bits per heavy atom. The molecule has 1 aromatic carbocycles. The minimum Gasteiger partial charge on any atom is -0.486 e. The van der Waals surface area contributed by atoms with Gasteiger partial charge < -0.3 is 4.74 Å². The summed E-state index contributed by atoms with van der Waals surface area (Å²) >= 11 is 0. The van der Waals surface area contributed by atoms with Crippen LogP contribution in [0.25, 0.3) is 0 Å². The average Bonchev–Trinajstić information content (AvgIpc) is 3.34. The maximum absolute atomic E-state index is 12.6. The van der Waals surface area contributed by atoms with Crippen LogP contribution in [-0.4, -0.2) is 27.8 Å². The van der Waals surface area contributed by atoms with E-state index in [1.165, 1.54) is 64.2 Å². The molecule has 1 heterocycles. The van der Waals surface area contributed by atoms with E-state index in [0.717, 1.165) is 43.5 Å². The molecule has 2 rings (SSSR count). The van der Waals surface area contributed by atoms with Gasteiger partial charge >= 0.3 is 0 Å². The number of aryl methyl sites for hydroxylation is 1. The van der Waals surface area contributed by atoms with E-state index in [-0.39, 0.29) is 18.3 Å². The largest absolute Gasteiger partial charge is 0.486 e. The number of ether oxygens (including phenoxy) is 1. The third-order valence-corrected chi connectivity index (χ3v) is 6.17. The number of benzene rings is 1. The fraction of sp³-hybridized carbons (Fsp3) is 0.667. The van der Waals surface area contributed by atoms with Gasteiger partial charge in [0, 0.05) is 5.92 Å². The zero-order valence-corrected chi connectivity index (χ0v) is 20.1. The molecular weight excluding hydrogens is 398 g/mol. The van der Waals surface area contributed by atoms with E-state index in [2.05, 4.69) is 22.3 Å². The van der Waals surface area contributed by atoms with Gasteiger partial charge in [-0.05, 0) is 37.8 Å². The minimum absolute atomic E-state index is 0.160. The second-order valence-corrected chi connectivity index (χ2v) is 8.94. The van der Waals surface area contributed by atoms with Crippen LogP contribution in [0.2, 0.25) is 0 Å². The molecule has 2 aromatic rings. The van der Waals surface area contributed by atoms with Gasteiger partial charge in [0.2, 0.25) is 0 Å². The van der Waals surface area contributed by atoms with Crippen molar-refractivity contribution in [3.8, 4) is 5.75 Å². The van der Waals surface area contributed by atoms with Crippen molar-refractivity contribution in [1.29, 1.82) is 0 Å². The number of carbonyl (C=O) groups excluding carboxylic acids is 1. The molecule has 0 spiro atoms. The molecule has 1 unspecified atom stereocenters. The molecular formula is C27H43N3O2. The van der Waals surface area contributed by atoms with E-state index < -0.39 is 0 Å². The lowest BCUT2D eigenvalue weighted by Gasteiger charge is -2.15. The summed E-state index contributed by atoms with van der Waals surface area (Å²) in [6, 6.07) is 9.64. The zero-order valence-electron chi connectivity index (χ0n) is 20.1. The Morgan fingerprint density at radius 2 is 1.50 bits per heavy atom. The number of hydrogen-bond acceptors (Lipinski definition) is 4. The standard InChI is InChI=1S/C27H43N3O2/c1-2-17-24(27(31)23-32-26-20-15-12-16-21-26)18-13-10-8-6-4-3-5-7-9-11-14-19-25-22-28-30-29-25/h12,15-16,20-22,24H,2-11,13-14,17-19,23H2,1H3,(H,28,29,30). The smallest absolute Gasteiger partial charge is 0.173 e. The lowest BCUT2D eigenvalue weighted by Crippen LogP contribution is -2.21. The number of para-hydroxylation sites is 1. The molecule has 0 amide bonds. The van der Waals surface area contributed by atoms with Crippen molar-refractivity contribution < 1.29 is 9.53 Å². The lowest BCUT2D eigenvalue weighted by molar-refractivity contribution is -0.125. The molecule has 1 aromatic heterocycles. The van der Waals surface area contributed by atoms with Gasteiger partial charge in [0.25, 0.3) is 0 Å². The summed E-state index contributed by atoms with van der Waals surface area (Å²) < 4.78 is 5.67. The number of nitrogens with one attached hydrogen (secondary N) is 1. The highest BCUT2D eigenvalue weighted by molar-refractivity contribution is 5.82. The second-order valence-electron chi connectivity index (χ2n) is 8.94. The van der Waals surface area contributed by atoms with Gasteiger partial charge in [-0.1, -0.05) is 95.8 Å². The number of aromatic amines is 1. The Kier molecular flexibility index (Phi) is 14.2. The van der Waals surface area contributed by atoms with Gasteiger partial charge in [-0.2, -0.15) is 15.4 Å². The molecule has 5 heteroatoms. The van der Waals surface area contributed by atoms with Crippen LogP contribution in [0.4, 0.5) is 0 Å². The van der Waals surface area contributed by atoms with Crippen LogP contribution in [0.5, 0.6) is 5.75 Å². The Labute approximate surface area is 194 Å². The number of unbranched alkanes of at least 4 members (excludes halogenated alkanes) is 10. The first kappa shape index (κ1) is 26.1. The zero-order chi connectivity index (χ0) is 22.7. The first-order valence-electron chi connectivity index (χ1n) is 12.8.